The van der Waals surface area contributed by atoms with Crippen LogP contribution in [0.1, 0.15) is 12.0 Å². The van der Waals surface area contributed by atoms with Crippen molar-refractivity contribution in [1.82, 2.24) is 10.3 Å². The van der Waals surface area contributed by atoms with Crippen molar-refractivity contribution < 1.29 is 9.90 Å². The van der Waals surface area contributed by atoms with Crippen LogP contribution < -0.4 is 5.32 Å². The topological polar surface area (TPSA) is 65.1 Å². The Labute approximate surface area is 132 Å². The molecule has 0 saturated carbocycles. The second kappa shape index (κ2) is 5.91. The number of H-pyrrole nitrogens is 1. The van der Waals surface area contributed by atoms with Crippen LogP contribution in [0.15, 0.2) is 24.4 Å². The van der Waals surface area contributed by atoms with Gasteiger partial charge in [-0.3, -0.25) is 4.79 Å². The Morgan fingerprint density at radius 2 is 2.38 bits per heavy atom. The van der Waals surface area contributed by atoms with E-state index in [1.54, 1.807) is 11.8 Å². The number of aromatic amines is 1. The molecule has 2 aromatic rings. The van der Waals surface area contributed by atoms with E-state index in [0.29, 0.717) is 17.3 Å². The first-order chi connectivity index (χ1) is 10.1. The zero-order valence-electron chi connectivity index (χ0n) is 11.5. The van der Waals surface area contributed by atoms with Crippen LogP contribution in [-0.2, 0) is 11.2 Å². The van der Waals surface area contributed by atoms with Gasteiger partial charge in [-0.1, -0.05) is 11.6 Å². The number of thioether (sulfide) groups is 1. The van der Waals surface area contributed by atoms with Gasteiger partial charge in [0, 0.05) is 34.4 Å². The quantitative estimate of drug-likeness (QED) is 0.809. The molecule has 21 heavy (non-hydrogen) atoms. The van der Waals surface area contributed by atoms with Gasteiger partial charge >= 0.3 is 0 Å². The van der Waals surface area contributed by atoms with Crippen molar-refractivity contribution in [3.05, 3.63) is 35.0 Å². The van der Waals surface area contributed by atoms with Gasteiger partial charge < -0.3 is 15.4 Å². The molecule has 1 aromatic carbocycles. The summed E-state index contributed by atoms with van der Waals surface area (Å²) in [6.45, 7) is 0.321. The normalized spacial score (nSPS) is 21.8. The van der Waals surface area contributed by atoms with Gasteiger partial charge in [0.15, 0.2) is 0 Å². The number of fused-ring (bicyclic) bond motifs is 1. The molecule has 1 aromatic heterocycles. The van der Waals surface area contributed by atoms with Crippen LogP contribution in [0.3, 0.4) is 0 Å². The lowest BCUT2D eigenvalue weighted by atomic mass is 10.0. The molecule has 3 N–H and O–H groups in total. The standard InChI is InChI=1S/C15H17ClN2O2S/c16-11-1-2-13-12(6-11)10(7-17-13)5-14(19)18-8-15(20)3-4-21-9-15/h1-2,6-7,17,20H,3-5,8-9H2,(H,18,19). The van der Waals surface area contributed by atoms with Crippen LogP contribution in [0.4, 0.5) is 0 Å². The van der Waals surface area contributed by atoms with E-state index in [1.165, 1.54) is 0 Å². The first-order valence-electron chi connectivity index (χ1n) is 6.88. The first-order valence-corrected chi connectivity index (χ1v) is 8.41. The van der Waals surface area contributed by atoms with E-state index in [9.17, 15) is 9.90 Å². The first kappa shape index (κ1) is 14.8. The number of aromatic nitrogens is 1. The summed E-state index contributed by atoms with van der Waals surface area (Å²) < 4.78 is 0. The second-order valence-corrected chi connectivity index (χ2v) is 7.03. The Morgan fingerprint density at radius 1 is 1.52 bits per heavy atom. The van der Waals surface area contributed by atoms with Crippen LogP contribution in [0.5, 0.6) is 0 Å². The lowest BCUT2D eigenvalue weighted by Crippen LogP contribution is -2.43. The fraction of sp³-hybridized carbons (Fsp3) is 0.400. The number of hydrogen-bond acceptors (Lipinski definition) is 3. The van der Waals surface area contributed by atoms with Crippen LogP contribution in [-0.4, -0.2) is 39.6 Å². The number of carbonyl (C=O) groups is 1. The molecule has 1 unspecified atom stereocenters. The van der Waals surface area contributed by atoms with Gasteiger partial charge in [0.05, 0.1) is 12.0 Å². The van der Waals surface area contributed by atoms with Crippen LogP contribution in [0, 0.1) is 0 Å². The summed E-state index contributed by atoms with van der Waals surface area (Å²) in [6.07, 6.45) is 2.85. The fourth-order valence-corrected chi connectivity index (χ4v) is 4.00. The molecule has 6 heteroatoms. The number of carbonyl (C=O) groups excluding carboxylic acids is 1. The third-order valence-corrected chi connectivity index (χ3v) is 5.25. The number of hydrogen-bond donors (Lipinski definition) is 3. The Morgan fingerprint density at radius 3 is 3.14 bits per heavy atom. The molecule has 1 saturated heterocycles. The third-order valence-electron chi connectivity index (χ3n) is 3.78. The highest BCUT2D eigenvalue weighted by Crippen LogP contribution is 2.27. The Balaban J connectivity index is 1.64. The van der Waals surface area contributed by atoms with Gasteiger partial charge in [-0.25, -0.2) is 0 Å². The Kier molecular flexibility index (Phi) is 4.15. The van der Waals surface area contributed by atoms with Gasteiger partial charge in [-0.2, -0.15) is 11.8 Å². The highest BCUT2D eigenvalue weighted by molar-refractivity contribution is 7.99. The summed E-state index contributed by atoms with van der Waals surface area (Å²) in [5.41, 5.74) is 1.13. The van der Waals surface area contributed by atoms with Crippen LogP contribution in [0.25, 0.3) is 10.9 Å². The maximum Gasteiger partial charge on any atom is 0.224 e. The van der Waals surface area contributed by atoms with E-state index in [4.69, 9.17) is 11.6 Å². The van der Waals surface area contributed by atoms with Gasteiger partial charge in [-0.05, 0) is 35.9 Å². The lowest BCUT2D eigenvalue weighted by molar-refractivity contribution is -0.121. The third kappa shape index (κ3) is 3.36. The van der Waals surface area contributed by atoms with Crippen molar-refractivity contribution in [2.75, 3.05) is 18.1 Å². The van der Waals surface area contributed by atoms with E-state index in [1.807, 2.05) is 24.4 Å². The van der Waals surface area contributed by atoms with Crippen molar-refractivity contribution in [1.29, 1.82) is 0 Å². The highest BCUT2D eigenvalue weighted by Gasteiger charge is 2.31. The van der Waals surface area contributed by atoms with E-state index in [0.717, 1.165) is 28.6 Å². The van der Waals surface area contributed by atoms with E-state index < -0.39 is 5.60 Å². The number of benzene rings is 1. The van der Waals surface area contributed by atoms with Crippen molar-refractivity contribution in [3.63, 3.8) is 0 Å². The summed E-state index contributed by atoms with van der Waals surface area (Å²) in [7, 11) is 0. The zero-order valence-corrected chi connectivity index (χ0v) is 13.1. The number of rotatable bonds is 4. The van der Waals surface area contributed by atoms with Crippen molar-refractivity contribution in [3.8, 4) is 0 Å². The lowest BCUT2D eigenvalue weighted by Gasteiger charge is -2.21. The summed E-state index contributed by atoms with van der Waals surface area (Å²) in [5.74, 6) is 1.56. The van der Waals surface area contributed by atoms with E-state index in [2.05, 4.69) is 10.3 Å². The minimum atomic E-state index is -0.746. The second-order valence-electron chi connectivity index (χ2n) is 5.48. The number of amides is 1. The molecular weight excluding hydrogens is 308 g/mol. The van der Waals surface area contributed by atoms with Crippen molar-refractivity contribution in [2.45, 2.75) is 18.4 Å². The minimum absolute atomic E-state index is 0.0822. The molecule has 1 aliphatic rings. The molecule has 0 radical (unpaired) electrons. The zero-order chi connectivity index (χ0) is 14.9. The SMILES string of the molecule is O=C(Cc1c[nH]c2ccc(Cl)cc12)NCC1(O)CCSC1. The highest BCUT2D eigenvalue weighted by atomic mass is 35.5. The summed E-state index contributed by atoms with van der Waals surface area (Å²) >= 11 is 7.72. The molecular formula is C15H17ClN2O2S. The minimum Gasteiger partial charge on any atom is -0.387 e. The predicted octanol–water partition coefficient (Wildman–Crippen LogP) is 2.35. The molecule has 1 atom stereocenters. The Hall–Kier alpha value is -1.17. The molecule has 2 heterocycles. The smallest absolute Gasteiger partial charge is 0.224 e. The molecule has 112 valence electrons. The van der Waals surface area contributed by atoms with Gasteiger partial charge in [-0.15, -0.1) is 0 Å². The van der Waals surface area contributed by atoms with E-state index in [-0.39, 0.29) is 12.3 Å². The van der Waals surface area contributed by atoms with E-state index >= 15 is 0 Å². The predicted molar refractivity (Wildman–Crippen MR) is 86.9 cm³/mol. The monoisotopic (exact) mass is 324 g/mol. The molecule has 0 bridgehead atoms. The molecule has 1 fully saturated rings. The van der Waals surface area contributed by atoms with Crippen LogP contribution >= 0.6 is 23.4 Å². The summed E-state index contributed by atoms with van der Waals surface area (Å²) in [5, 5.41) is 14.7. The molecule has 4 nitrogen and oxygen atoms in total. The molecule has 0 aliphatic carbocycles. The average molecular weight is 325 g/mol. The number of aliphatic hydroxyl groups is 1. The number of halogens is 1. The van der Waals surface area contributed by atoms with Gasteiger partial charge in [0.1, 0.15) is 0 Å². The summed E-state index contributed by atoms with van der Waals surface area (Å²) in [4.78, 5) is 15.2. The number of nitrogens with one attached hydrogen (secondary N) is 2. The van der Waals surface area contributed by atoms with Crippen LogP contribution in [0.2, 0.25) is 5.02 Å². The fourth-order valence-electron chi connectivity index (χ4n) is 2.53. The maximum atomic E-state index is 12.1. The molecule has 3 rings (SSSR count). The van der Waals surface area contributed by atoms with Crippen molar-refractivity contribution >= 4 is 40.2 Å². The van der Waals surface area contributed by atoms with Crippen molar-refractivity contribution in [2.24, 2.45) is 0 Å². The molecule has 0 spiro atoms. The molecule has 1 aliphatic heterocycles. The van der Waals surface area contributed by atoms with Gasteiger partial charge in [0.25, 0.3) is 0 Å². The maximum absolute atomic E-state index is 12.1. The Bertz CT molecular complexity index is 665. The summed E-state index contributed by atoms with van der Waals surface area (Å²) in [6, 6.07) is 5.58. The average Bonchev–Trinajstić information content (AvgIpc) is 3.05. The molecule has 1 amide bonds. The largest absolute Gasteiger partial charge is 0.387 e. The van der Waals surface area contributed by atoms with Gasteiger partial charge in [0.2, 0.25) is 5.91 Å².